The topological polar surface area (TPSA) is 49.8 Å². The maximum Gasteiger partial charge on any atom is 0.0981 e. The zero-order valence-electron chi connectivity index (χ0n) is 12.4. The van der Waals surface area contributed by atoms with Gasteiger partial charge in [-0.3, -0.25) is 0 Å². The molecule has 2 N–H and O–H groups in total. The van der Waals surface area contributed by atoms with Crippen LogP contribution in [0.1, 0.15) is 17.5 Å². The molecule has 4 heteroatoms. The maximum absolute atomic E-state index is 9.64. The van der Waals surface area contributed by atoms with Crippen LogP contribution < -0.4 is 5.73 Å². The third kappa shape index (κ3) is 3.46. The van der Waals surface area contributed by atoms with E-state index in [1.807, 2.05) is 42.5 Å². The second-order valence-corrected chi connectivity index (χ2v) is 7.50. The molecule has 2 aromatic carbocycles. The zero-order chi connectivity index (χ0) is 16.2. The average Bonchev–Trinajstić information content (AvgIpc) is 3.06. The Morgan fingerprint density at radius 3 is 2.52 bits per heavy atom. The van der Waals surface area contributed by atoms with Gasteiger partial charge >= 0.3 is 0 Å². The number of hydrogen-bond donors (Lipinski definition) is 1. The molecule has 1 atom stereocenters. The van der Waals surface area contributed by atoms with Gasteiger partial charge in [0.15, 0.2) is 0 Å². The standard InChI is InChI=1S/C19H15IN2S/c20-17-9-5-4-8-15(17)19(22)16(11-21)18-10-14(12-23-18)13-6-2-1-3-7-13/h1-9,12,18H,10,22H2/b19-16-. The second-order valence-electron chi connectivity index (χ2n) is 5.26. The van der Waals surface area contributed by atoms with Gasteiger partial charge < -0.3 is 5.73 Å². The number of hydrogen-bond acceptors (Lipinski definition) is 3. The summed E-state index contributed by atoms with van der Waals surface area (Å²) in [6.45, 7) is 0. The summed E-state index contributed by atoms with van der Waals surface area (Å²) in [5, 5.41) is 11.9. The van der Waals surface area contributed by atoms with Crippen molar-refractivity contribution in [2.45, 2.75) is 11.7 Å². The lowest BCUT2D eigenvalue weighted by atomic mass is 9.97. The van der Waals surface area contributed by atoms with Gasteiger partial charge in [-0.1, -0.05) is 48.5 Å². The Labute approximate surface area is 154 Å². The molecule has 0 saturated heterocycles. The van der Waals surface area contributed by atoms with Crippen LogP contribution in [-0.2, 0) is 0 Å². The smallest absolute Gasteiger partial charge is 0.0981 e. The van der Waals surface area contributed by atoms with Crippen LogP contribution in [0.2, 0.25) is 0 Å². The van der Waals surface area contributed by atoms with Gasteiger partial charge in [0.2, 0.25) is 0 Å². The Bertz CT molecular complexity index is 819. The number of thioether (sulfide) groups is 1. The molecular formula is C19H15IN2S. The van der Waals surface area contributed by atoms with Gasteiger partial charge in [0.05, 0.1) is 22.6 Å². The van der Waals surface area contributed by atoms with E-state index >= 15 is 0 Å². The Morgan fingerprint density at radius 2 is 1.83 bits per heavy atom. The predicted octanol–water partition coefficient (Wildman–Crippen LogP) is 5.03. The fourth-order valence-electron chi connectivity index (χ4n) is 2.60. The van der Waals surface area contributed by atoms with Crippen molar-refractivity contribution in [2.24, 2.45) is 5.73 Å². The van der Waals surface area contributed by atoms with E-state index in [1.54, 1.807) is 11.8 Å². The summed E-state index contributed by atoms with van der Waals surface area (Å²) in [6, 6.07) is 20.5. The predicted molar refractivity (Wildman–Crippen MR) is 106 cm³/mol. The van der Waals surface area contributed by atoms with Crippen molar-refractivity contribution in [3.8, 4) is 6.07 Å². The minimum Gasteiger partial charge on any atom is -0.397 e. The largest absolute Gasteiger partial charge is 0.397 e. The van der Waals surface area contributed by atoms with Crippen LogP contribution in [0.15, 0.2) is 65.6 Å². The fraction of sp³-hybridized carbons (Fsp3) is 0.105. The van der Waals surface area contributed by atoms with E-state index in [4.69, 9.17) is 5.73 Å². The Morgan fingerprint density at radius 1 is 1.13 bits per heavy atom. The molecule has 0 amide bonds. The molecule has 1 aliphatic rings. The first-order chi connectivity index (χ1) is 11.2. The number of halogens is 1. The molecule has 2 nitrogen and oxygen atoms in total. The quantitative estimate of drug-likeness (QED) is 0.549. The van der Waals surface area contributed by atoms with Crippen molar-refractivity contribution < 1.29 is 0 Å². The number of nitrogens with two attached hydrogens (primary N) is 1. The molecular weight excluding hydrogens is 415 g/mol. The Hall–Kier alpha value is -1.71. The van der Waals surface area contributed by atoms with E-state index < -0.39 is 0 Å². The van der Waals surface area contributed by atoms with E-state index in [9.17, 15) is 5.26 Å². The van der Waals surface area contributed by atoms with E-state index in [-0.39, 0.29) is 5.25 Å². The molecule has 0 spiro atoms. The monoisotopic (exact) mass is 430 g/mol. The molecule has 0 fully saturated rings. The van der Waals surface area contributed by atoms with Crippen molar-refractivity contribution in [1.29, 1.82) is 5.26 Å². The summed E-state index contributed by atoms with van der Waals surface area (Å²) in [4.78, 5) is 0. The van der Waals surface area contributed by atoms with E-state index in [0.717, 1.165) is 15.6 Å². The zero-order valence-corrected chi connectivity index (χ0v) is 15.3. The molecule has 0 saturated carbocycles. The van der Waals surface area contributed by atoms with Gasteiger partial charge in [-0.2, -0.15) is 5.26 Å². The summed E-state index contributed by atoms with van der Waals surface area (Å²) >= 11 is 3.94. The SMILES string of the molecule is N#C/C(=C(/N)c1ccccc1I)C1CC(c2ccccc2)=CS1. The van der Waals surface area contributed by atoms with Crippen LogP contribution in [0.4, 0.5) is 0 Å². The first-order valence-electron chi connectivity index (χ1n) is 7.25. The third-order valence-corrected chi connectivity index (χ3v) is 5.91. The molecule has 1 unspecified atom stereocenters. The number of nitriles is 1. The lowest BCUT2D eigenvalue weighted by Gasteiger charge is -2.13. The number of rotatable bonds is 3. The van der Waals surface area contributed by atoms with E-state index in [0.29, 0.717) is 11.3 Å². The van der Waals surface area contributed by atoms with Gasteiger partial charge in [0, 0.05) is 9.13 Å². The van der Waals surface area contributed by atoms with Crippen LogP contribution in [0, 0.1) is 14.9 Å². The highest BCUT2D eigenvalue weighted by Gasteiger charge is 2.25. The van der Waals surface area contributed by atoms with Crippen LogP contribution in [-0.4, -0.2) is 5.25 Å². The molecule has 1 heterocycles. The molecule has 0 radical (unpaired) electrons. The first-order valence-corrected chi connectivity index (χ1v) is 9.27. The summed E-state index contributed by atoms with van der Waals surface area (Å²) in [7, 11) is 0. The maximum atomic E-state index is 9.64. The van der Waals surface area contributed by atoms with Gasteiger partial charge in [-0.25, -0.2) is 0 Å². The van der Waals surface area contributed by atoms with Crippen molar-refractivity contribution in [3.63, 3.8) is 0 Å². The van der Waals surface area contributed by atoms with Gasteiger partial charge in [-0.05, 0) is 51.6 Å². The third-order valence-electron chi connectivity index (χ3n) is 3.82. The summed E-state index contributed by atoms with van der Waals surface area (Å²) < 4.78 is 1.06. The first kappa shape index (κ1) is 16.2. The second kappa shape index (κ2) is 7.24. The highest BCUT2D eigenvalue weighted by atomic mass is 127. The van der Waals surface area contributed by atoms with Crippen LogP contribution in [0.5, 0.6) is 0 Å². The van der Waals surface area contributed by atoms with Crippen LogP contribution in [0.25, 0.3) is 11.3 Å². The van der Waals surface area contributed by atoms with Gasteiger partial charge in [0.25, 0.3) is 0 Å². The lowest BCUT2D eigenvalue weighted by molar-refractivity contribution is 1.06. The molecule has 0 bridgehead atoms. The molecule has 3 rings (SSSR count). The van der Waals surface area contributed by atoms with E-state index in [1.165, 1.54) is 11.1 Å². The summed E-state index contributed by atoms with van der Waals surface area (Å²) in [6.07, 6.45) is 0.835. The highest BCUT2D eigenvalue weighted by Crippen LogP contribution is 2.40. The summed E-state index contributed by atoms with van der Waals surface area (Å²) in [5.41, 5.74) is 11.0. The van der Waals surface area contributed by atoms with Gasteiger partial charge in [-0.15, -0.1) is 11.8 Å². The van der Waals surface area contributed by atoms with Crippen molar-refractivity contribution in [2.75, 3.05) is 0 Å². The molecule has 1 aliphatic heterocycles. The minimum atomic E-state index is 0.0891. The fourth-order valence-corrected chi connectivity index (χ4v) is 4.43. The molecule has 0 aliphatic carbocycles. The number of benzene rings is 2. The van der Waals surface area contributed by atoms with E-state index in [2.05, 4.69) is 46.2 Å². The van der Waals surface area contributed by atoms with Crippen LogP contribution in [0.3, 0.4) is 0 Å². The Kier molecular flexibility index (Phi) is 5.09. The molecule has 2 aromatic rings. The van der Waals surface area contributed by atoms with Crippen LogP contribution >= 0.6 is 34.4 Å². The highest BCUT2D eigenvalue weighted by molar-refractivity contribution is 14.1. The van der Waals surface area contributed by atoms with Crippen molar-refractivity contribution in [1.82, 2.24) is 0 Å². The number of nitrogens with zero attached hydrogens (tertiary/aromatic N) is 1. The lowest BCUT2D eigenvalue weighted by Crippen LogP contribution is -2.11. The van der Waals surface area contributed by atoms with Crippen molar-refractivity contribution >= 4 is 45.6 Å². The minimum absolute atomic E-state index is 0.0891. The van der Waals surface area contributed by atoms with Gasteiger partial charge in [0.1, 0.15) is 0 Å². The molecule has 114 valence electrons. The number of allylic oxidation sites excluding steroid dienone is 1. The normalized spacial score (nSPS) is 18.1. The summed E-state index contributed by atoms with van der Waals surface area (Å²) in [5.74, 6) is 0. The van der Waals surface area contributed by atoms with Crippen molar-refractivity contribution in [3.05, 3.63) is 80.3 Å². The Balaban J connectivity index is 1.88. The molecule has 23 heavy (non-hydrogen) atoms. The molecule has 0 aromatic heterocycles. The average molecular weight is 430 g/mol.